The van der Waals surface area contributed by atoms with E-state index >= 15 is 0 Å². The normalized spacial score (nSPS) is 11.0. The van der Waals surface area contributed by atoms with Gasteiger partial charge in [-0.05, 0) is 36.6 Å². The number of nitrogens with one attached hydrogen (secondary N) is 1. The Morgan fingerprint density at radius 2 is 2.29 bits per heavy atom. The van der Waals surface area contributed by atoms with Gasteiger partial charge in [-0.25, -0.2) is 10.4 Å². The summed E-state index contributed by atoms with van der Waals surface area (Å²) in [5.41, 5.74) is 3.58. The molecule has 2 N–H and O–H groups in total. The first-order valence-electron chi connectivity index (χ1n) is 7.68. The molecule has 0 fully saturated rings. The number of hydrogen-bond donors (Lipinski definition) is 2. The Bertz CT molecular complexity index is 760. The van der Waals surface area contributed by atoms with Crippen LogP contribution in [-0.4, -0.2) is 22.9 Å². The van der Waals surface area contributed by atoms with Crippen molar-refractivity contribution in [1.29, 1.82) is 5.26 Å². The summed E-state index contributed by atoms with van der Waals surface area (Å²) >= 11 is 0. The maximum absolute atomic E-state index is 9.67. The third-order valence-corrected chi connectivity index (χ3v) is 3.02. The van der Waals surface area contributed by atoms with Crippen molar-refractivity contribution in [3.05, 3.63) is 35.3 Å². The highest BCUT2D eigenvalue weighted by Gasteiger charge is 2.13. The molecule has 1 heterocycles. The van der Waals surface area contributed by atoms with Crippen molar-refractivity contribution in [3.8, 4) is 17.6 Å². The number of aromatic nitrogens is 1. The van der Waals surface area contributed by atoms with E-state index < -0.39 is 0 Å². The molecule has 0 atom stereocenters. The van der Waals surface area contributed by atoms with Gasteiger partial charge in [0.2, 0.25) is 5.69 Å². The second-order valence-corrected chi connectivity index (χ2v) is 5.53. The van der Waals surface area contributed by atoms with Gasteiger partial charge in [0.05, 0.1) is 12.8 Å². The van der Waals surface area contributed by atoms with Gasteiger partial charge in [-0.3, -0.25) is 0 Å². The number of rotatable bonds is 7. The predicted molar refractivity (Wildman–Crippen MR) is 90.3 cm³/mol. The Morgan fingerprint density at radius 3 is 2.96 bits per heavy atom. The van der Waals surface area contributed by atoms with Gasteiger partial charge in [0.1, 0.15) is 6.07 Å². The van der Waals surface area contributed by atoms with Gasteiger partial charge in [-0.15, -0.1) is 0 Å². The Hall–Kier alpha value is -3.01. The summed E-state index contributed by atoms with van der Waals surface area (Å²) in [6, 6.07) is 6.87. The van der Waals surface area contributed by atoms with E-state index in [-0.39, 0.29) is 17.3 Å². The quantitative estimate of drug-likeness (QED) is 0.597. The van der Waals surface area contributed by atoms with Crippen molar-refractivity contribution >= 4 is 12.1 Å². The molecule has 0 bridgehead atoms. The first-order chi connectivity index (χ1) is 11.5. The van der Waals surface area contributed by atoms with E-state index in [2.05, 4.69) is 15.5 Å². The van der Waals surface area contributed by atoms with Crippen LogP contribution in [0.1, 0.15) is 37.9 Å². The smallest absolute Gasteiger partial charge is 0.252 e. The number of ether oxygens (including phenoxy) is 1. The third kappa shape index (κ3) is 4.49. The fraction of sp³-hybridized carbons (Fsp3) is 0.353. The largest absolute Gasteiger partial charge is 0.504 e. The van der Waals surface area contributed by atoms with Gasteiger partial charge in [0.15, 0.2) is 17.4 Å². The zero-order valence-corrected chi connectivity index (χ0v) is 13.9. The molecule has 1 aromatic heterocycles. The van der Waals surface area contributed by atoms with Crippen molar-refractivity contribution in [2.45, 2.75) is 27.2 Å². The van der Waals surface area contributed by atoms with E-state index in [9.17, 15) is 5.11 Å². The number of hydrogen-bond acceptors (Lipinski definition) is 7. The van der Waals surface area contributed by atoms with Gasteiger partial charge in [0.25, 0.3) is 5.88 Å². The highest BCUT2D eigenvalue weighted by molar-refractivity contribution is 5.81. The Labute approximate surface area is 140 Å². The van der Waals surface area contributed by atoms with E-state index in [1.807, 2.05) is 26.8 Å². The summed E-state index contributed by atoms with van der Waals surface area (Å²) in [6.07, 6.45) is 2.18. The lowest BCUT2D eigenvalue weighted by atomic mass is 10.1. The lowest BCUT2D eigenvalue weighted by Crippen LogP contribution is -1.94. The molecule has 1 aromatic carbocycles. The summed E-state index contributed by atoms with van der Waals surface area (Å²) in [6.45, 7) is 6.38. The number of oxazole rings is 1. The molecule has 0 aliphatic rings. The molecular formula is C17H20N4O3. The van der Waals surface area contributed by atoms with Crippen molar-refractivity contribution in [3.63, 3.8) is 0 Å². The second-order valence-electron chi connectivity index (χ2n) is 5.53. The molecule has 0 unspecified atom stereocenters. The van der Waals surface area contributed by atoms with Crippen LogP contribution in [0.3, 0.4) is 0 Å². The van der Waals surface area contributed by atoms with Crippen LogP contribution in [0, 0.1) is 17.2 Å². The lowest BCUT2D eigenvalue weighted by Gasteiger charge is -2.05. The maximum atomic E-state index is 9.67. The van der Waals surface area contributed by atoms with E-state index in [0.717, 1.165) is 5.56 Å². The van der Waals surface area contributed by atoms with Gasteiger partial charge in [0, 0.05) is 6.42 Å². The SMILES string of the molecule is CCOc1cc(/C=N/Nc2oc(CC(C)C)nc2C#N)ccc1O. The lowest BCUT2D eigenvalue weighted by molar-refractivity contribution is 0.318. The van der Waals surface area contributed by atoms with Crippen LogP contribution in [0.2, 0.25) is 0 Å². The van der Waals surface area contributed by atoms with Crippen molar-refractivity contribution < 1.29 is 14.3 Å². The molecule has 0 saturated heterocycles. The van der Waals surface area contributed by atoms with E-state index in [1.54, 1.807) is 12.1 Å². The fourth-order valence-electron chi connectivity index (χ4n) is 2.00. The molecule has 7 heteroatoms. The van der Waals surface area contributed by atoms with Crippen molar-refractivity contribution in [1.82, 2.24) is 4.98 Å². The molecule has 0 saturated carbocycles. The third-order valence-electron chi connectivity index (χ3n) is 3.02. The van der Waals surface area contributed by atoms with E-state index in [1.165, 1.54) is 12.3 Å². The molecular weight excluding hydrogens is 308 g/mol. The minimum atomic E-state index is 0.0716. The van der Waals surface area contributed by atoms with Crippen LogP contribution in [0.25, 0.3) is 0 Å². The van der Waals surface area contributed by atoms with Crippen LogP contribution in [0.5, 0.6) is 11.5 Å². The van der Waals surface area contributed by atoms with Crippen molar-refractivity contribution in [2.24, 2.45) is 11.0 Å². The number of nitriles is 1. The van der Waals surface area contributed by atoms with Crippen LogP contribution in [0.15, 0.2) is 27.7 Å². The van der Waals surface area contributed by atoms with Crippen LogP contribution < -0.4 is 10.2 Å². The number of nitrogens with zero attached hydrogens (tertiary/aromatic N) is 3. The molecule has 0 amide bonds. The van der Waals surface area contributed by atoms with E-state index in [4.69, 9.17) is 14.4 Å². The average Bonchev–Trinajstić information content (AvgIpc) is 2.91. The monoisotopic (exact) mass is 328 g/mol. The zero-order valence-electron chi connectivity index (χ0n) is 13.9. The first-order valence-corrected chi connectivity index (χ1v) is 7.68. The summed E-state index contributed by atoms with van der Waals surface area (Å²) in [5.74, 6) is 1.55. The Morgan fingerprint density at radius 1 is 1.50 bits per heavy atom. The predicted octanol–water partition coefficient (Wildman–Crippen LogP) is 3.30. The van der Waals surface area contributed by atoms with Gasteiger partial charge in [-0.1, -0.05) is 13.8 Å². The summed E-state index contributed by atoms with van der Waals surface area (Å²) in [4.78, 5) is 4.13. The van der Waals surface area contributed by atoms with Gasteiger partial charge >= 0.3 is 0 Å². The number of phenols is 1. The molecule has 7 nitrogen and oxygen atoms in total. The minimum absolute atomic E-state index is 0.0716. The molecule has 0 radical (unpaired) electrons. The highest BCUT2D eigenvalue weighted by atomic mass is 16.5. The fourth-order valence-corrected chi connectivity index (χ4v) is 2.00. The van der Waals surface area contributed by atoms with Crippen LogP contribution in [0.4, 0.5) is 5.88 Å². The standard InChI is InChI=1S/C17H20N4O3/c1-4-23-15-8-12(5-6-14(15)22)10-19-21-17-13(9-18)20-16(24-17)7-11(2)3/h5-6,8,10-11,21-22H,4,7H2,1-3H3/b19-10+. The van der Waals surface area contributed by atoms with Crippen molar-refractivity contribution in [2.75, 3.05) is 12.0 Å². The molecule has 2 rings (SSSR count). The van der Waals surface area contributed by atoms with Crippen LogP contribution in [-0.2, 0) is 6.42 Å². The molecule has 0 aliphatic carbocycles. The molecule has 0 aliphatic heterocycles. The van der Waals surface area contributed by atoms with Gasteiger partial charge < -0.3 is 14.3 Å². The average molecular weight is 328 g/mol. The second kappa shape index (κ2) is 8.02. The highest BCUT2D eigenvalue weighted by Crippen LogP contribution is 2.26. The number of phenolic OH excluding ortho intramolecular Hbond substituents is 1. The molecule has 0 spiro atoms. The van der Waals surface area contributed by atoms with Gasteiger partial charge in [-0.2, -0.15) is 10.4 Å². The number of benzene rings is 1. The number of anilines is 1. The summed E-state index contributed by atoms with van der Waals surface area (Å²) in [5, 5.41) is 22.8. The van der Waals surface area contributed by atoms with Crippen LogP contribution >= 0.6 is 0 Å². The molecule has 126 valence electrons. The molecule has 2 aromatic rings. The first kappa shape index (κ1) is 17.3. The minimum Gasteiger partial charge on any atom is -0.504 e. The Kier molecular flexibility index (Phi) is 5.79. The van der Waals surface area contributed by atoms with E-state index in [0.29, 0.717) is 30.6 Å². The molecule has 24 heavy (non-hydrogen) atoms. The zero-order chi connectivity index (χ0) is 17.5. The summed E-state index contributed by atoms with van der Waals surface area (Å²) in [7, 11) is 0. The number of hydrazone groups is 1. The topological polar surface area (TPSA) is 104 Å². The number of aromatic hydroxyl groups is 1. The maximum Gasteiger partial charge on any atom is 0.252 e. The Balaban J connectivity index is 2.10. The summed E-state index contributed by atoms with van der Waals surface area (Å²) < 4.78 is 10.8.